The molecule has 2 N–H and O–H groups in total. The number of anilines is 3. The highest BCUT2D eigenvalue weighted by molar-refractivity contribution is 6.39. The van der Waals surface area contributed by atoms with Gasteiger partial charge in [0.15, 0.2) is 0 Å². The zero-order valence-corrected chi connectivity index (χ0v) is 14.8. The van der Waals surface area contributed by atoms with Gasteiger partial charge >= 0.3 is 0 Å². The number of amides is 1. The van der Waals surface area contributed by atoms with Crippen LogP contribution in [0.4, 0.5) is 17.2 Å². The summed E-state index contributed by atoms with van der Waals surface area (Å²) in [5.74, 6) is 0.0977. The van der Waals surface area contributed by atoms with E-state index in [-0.39, 0.29) is 5.69 Å². The molecule has 0 atom stereocenters. The van der Waals surface area contributed by atoms with Crippen molar-refractivity contribution in [3.05, 3.63) is 76.2 Å². The number of para-hydroxylation sites is 1. The van der Waals surface area contributed by atoms with Gasteiger partial charge in [-0.05, 0) is 31.2 Å². The fourth-order valence-electron chi connectivity index (χ4n) is 2.09. The van der Waals surface area contributed by atoms with Crippen LogP contribution in [0.25, 0.3) is 0 Å². The van der Waals surface area contributed by atoms with Crippen molar-refractivity contribution in [3.8, 4) is 0 Å². The van der Waals surface area contributed by atoms with Crippen molar-refractivity contribution in [3.63, 3.8) is 0 Å². The molecule has 5 nitrogen and oxygen atoms in total. The zero-order chi connectivity index (χ0) is 17.8. The van der Waals surface area contributed by atoms with Crippen LogP contribution in [-0.2, 0) is 0 Å². The van der Waals surface area contributed by atoms with Gasteiger partial charge in [-0.15, -0.1) is 0 Å². The molecule has 1 amide bonds. The summed E-state index contributed by atoms with van der Waals surface area (Å²) in [6.07, 6.45) is 2.87. The van der Waals surface area contributed by atoms with Gasteiger partial charge in [0.2, 0.25) is 0 Å². The number of nitrogens with one attached hydrogen (secondary N) is 2. The topological polar surface area (TPSA) is 66.9 Å². The highest BCUT2D eigenvalue weighted by Crippen LogP contribution is 2.30. The Morgan fingerprint density at radius 2 is 1.64 bits per heavy atom. The van der Waals surface area contributed by atoms with Crippen molar-refractivity contribution in [2.24, 2.45) is 0 Å². The van der Waals surface area contributed by atoms with Gasteiger partial charge in [0.1, 0.15) is 11.5 Å². The molecule has 0 unspecified atom stereocenters. The molecule has 1 aromatic heterocycles. The Hall–Kier alpha value is -2.63. The van der Waals surface area contributed by atoms with Gasteiger partial charge in [-0.25, -0.2) is 9.97 Å². The lowest BCUT2D eigenvalue weighted by atomic mass is 10.2. The third-order valence-corrected chi connectivity index (χ3v) is 4.04. The van der Waals surface area contributed by atoms with Crippen molar-refractivity contribution in [1.29, 1.82) is 0 Å². The highest BCUT2D eigenvalue weighted by Gasteiger charge is 2.13. The Kier molecular flexibility index (Phi) is 5.16. The van der Waals surface area contributed by atoms with Crippen LogP contribution in [-0.4, -0.2) is 15.9 Å². The summed E-state index contributed by atoms with van der Waals surface area (Å²) >= 11 is 12.1. The lowest BCUT2D eigenvalue weighted by molar-refractivity contribution is 0.102. The number of nitrogens with zero attached hydrogens (tertiary/aromatic N) is 2. The summed E-state index contributed by atoms with van der Waals surface area (Å²) < 4.78 is 0. The first-order valence-electron chi connectivity index (χ1n) is 7.44. The number of carbonyl (C=O) groups is 1. The summed E-state index contributed by atoms with van der Waals surface area (Å²) in [7, 11) is 0. The number of benzene rings is 2. The van der Waals surface area contributed by atoms with Gasteiger partial charge in [0.25, 0.3) is 5.91 Å². The minimum atomic E-state index is -0.440. The average Bonchev–Trinajstić information content (AvgIpc) is 2.61. The van der Waals surface area contributed by atoms with E-state index in [1.165, 1.54) is 18.0 Å². The molecule has 2 aromatic carbocycles. The van der Waals surface area contributed by atoms with E-state index in [2.05, 4.69) is 20.6 Å². The smallest absolute Gasteiger partial charge is 0.275 e. The minimum absolute atomic E-state index is 0.158. The third-order valence-electron chi connectivity index (χ3n) is 3.41. The average molecular weight is 373 g/mol. The molecule has 0 aliphatic carbocycles. The molecular weight excluding hydrogens is 359 g/mol. The molecule has 0 saturated heterocycles. The van der Waals surface area contributed by atoms with E-state index >= 15 is 0 Å². The van der Waals surface area contributed by atoms with E-state index in [4.69, 9.17) is 23.2 Å². The Balaban J connectivity index is 1.71. The van der Waals surface area contributed by atoms with Crippen LogP contribution in [0.5, 0.6) is 0 Å². The molecule has 3 aromatic rings. The number of halogens is 2. The van der Waals surface area contributed by atoms with Gasteiger partial charge in [0, 0.05) is 5.69 Å². The number of hydrogen-bond donors (Lipinski definition) is 2. The maximum atomic E-state index is 12.3. The summed E-state index contributed by atoms with van der Waals surface area (Å²) in [6, 6.07) is 12.8. The highest BCUT2D eigenvalue weighted by atomic mass is 35.5. The number of aryl methyl sites for hydroxylation is 1. The predicted molar refractivity (Wildman–Crippen MR) is 101 cm³/mol. The van der Waals surface area contributed by atoms with Gasteiger partial charge in [-0.2, -0.15) is 0 Å². The maximum absolute atomic E-state index is 12.3. The summed E-state index contributed by atoms with van der Waals surface area (Å²) in [6.45, 7) is 2.02. The molecule has 25 heavy (non-hydrogen) atoms. The quantitative estimate of drug-likeness (QED) is 0.669. The molecule has 0 saturated carbocycles. The molecule has 0 fully saturated rings. The van der Waals surface area contributed by atoms with Gasteiger partial charge in [-0.1, -0.05) is 47.0 Å². The molecule has 1 heterocycles. The number of hydrogen-bond acceptors (Lipinski definition) is 4. The van der Waals surface area contributed by atoms with E-state index in [0.29, 0.717) is 21.6 Å². The molecule has 0 aliphatic rings. The lowest BCUT2D eigenvalue weighted by Crippen LogP contribution is -2.15. The van der Waals surface area contributed by atoms with Crippen LogP contribution < -0.4 is 10.6 Å². The monoisotopic (exact) mass is 372 g/mol. The van der Waals surface area contributed by atoms with Crippen molar-refractivity contribution >= 4 is 46.3 Å². The first kappa shape index (κ1) is 17.2. The third kappa shape index (κ3) is 4.26. The van der Waals surface area contributed by atoms with E-state index in [1.54, 1.807) is 18.2 Å². The maximum Gasteiger partial charge on any atom is 0.275 e. The first-order valence-corrected chi connectivity index (χ1v) is 8.19. The fraction of sp³-hybridized carbons (Fsp3) is 0.0556. The van der Waals surface area contributed by atoms with Gasteiger partial charge in [-0.3, -0.25) is 4.79 Å². The van der Waals surface area contributed by atoms with E-state index in [9.17, 15) is 4.79 Å². The molecule has 0 bridgehead atoms. The summed E-state index contributed by atoms with van der Waals surface area (Å²) in [5.41, 5.74) is 2.56. The normalized spacial score (nSPS) is 10.4. The van der Waals surface area contributed by atoms with Crippen LogP contribution in [0.3, 0.4) is 0 Å². The summed E-state index contributed by atoms with van der Waals surface area (Å²) in [4.78, 5) is 20.6. The van der Waals surface area contributed by atoms with Crippen molar-refractivity contribution < 1.29 is 4.79 Å². The molecular formula is C18H14Cl2N4O. The Labute approximate surface area is 155 Å². The number of rotatable bonds is 4. The zero-order valence-electron chi connectivity index (χ0n) is 13.3. The molecule has 0 spiro atoms. The molecule has 0 aliphatic heterocycles. The van der Waals surface area contributed by atoms with Crippen LogP contribution in [0, 0.1) is 6.92 Å². The second-order valence-electron chi connectivity index (χ2n) is 5.33. The molecule has 0 radical (unpaired) electrons. The van der Waals surface area contributed by atoms with E-state index in [0.717, 1.165) is 5.69 Å². The first-order chi connectivity index (χ1) is 12.0. The Bertz CT molecular complexity index is 876. The van der Waals surface area contributed by atoms with Crippen LogP contribution in [0.15, 0.2) is 54.9 Å². The second-order valence-corrected chi connectivity index (χ2v) is 6.14. The summed E-state index contributed by atoms with van der Waals surface area (Å²) in [5, 5.41) is 6.47. The van der Waals surface area contributed by atoms with Crippen LogP contribution >= 0.6 is 23.2 Å². The SMILES string of the molecule is Cc1ccc(Nc2cnc(C(=O)Nc3c(Cl)cccc3Cl)cn2)cc1. The Morgan fingerprint density at radius 1 is 0.960 bits per heavy atom. The van der Waals surface area contributed by atoms with Crippen molar-refractivity contribution in [1.82, 2.24) is 9.97 Å². The minimum Gasteiger partial charge on any atom is -0.339 e. The van der Waals surface area contributed by atoms with Crippen LogP contribution in [0.2, 0.25) is 10.0 Å². The van der Waals surface area contributed by atoms with Crippen molar-refractivity contribution in [2.45, 2.75) is 6.92 Å². The molecule has 3 rings (SSSR count). The predicted octanol–water partition coefficient (Wildman–Crippen LogP) is 5.09. The van der Waals surface area contributed by atoms with Gasteiger partial charge in [0.05, 0.1) is 28.1 Å². The fourth-order valence-corrected chi connectivity index (χ4v) is 2.58. The molecule has 126 valence electrons. The van der Waals surface area contributed by atoms with E-state index in [1.807, 2.05) is 31.2 Å². The van der Waals surface area contributed by atoms with Gasteiger partial charge < -0.3 is 10.6 Å². The largest absolute Gasteiger partial charge is 0.339 e. The number of carbonyl (C=O) groups excluding carboxylic acids is 1. The lowest BCUT2D eigenvalue weighted by Gasteiger charge is -2.09. The van der Waals surface area contributed by atoms with Crippen molar-refractivity contribution in [2.75, 3.05) is 10.6 Å². The number of aromatic nitrogens is 2. The second kappa shape index (κ2) is 7.51. The van der Waals surface area contributed by atoms with E-state index < -0.39 is 5.91 Å². The molecule has 7 heteroatoms. The van der Waals surface area contributed by atoms with Crippen LogP contribution in [0.1, 0.15) is 16.1 Å². The standard InChI is InChI=1S/C18H14Cl2N4O/c1-11-5-7-12(8-6-11)23-16-10-21-15(9-22-16)18(25)24-17-13(19)3-2-4-14(17)20/h2-10H,1H3,(H,22,23)(H,24,25). The Morgan fingerprint density at radius 3 is 2.24 bits per heavy atom.